The zero-order chi connectivity index (χ0) is 12.4. The van der Waals surface area contributed by atoms with Crippen LogP contribution in [0.3, 0.4) is 0 Å². The lowest BCUT2D eigenvalue weighted by molar-refractivity contribution is 0.658. The first-order valence-electron chi connectivity index (χ1n) is 5.34. The van der Waals surface area contributed by atoms with Crippen molar-refractivity contribution in [3.63, 3.8) is 0 Å². The van der Waals surface area contributed by atoms with E-state index in [1.165, 1.54) is 0 Å². The molecule has 0 spiro atoms. The van der Waals surface area contributed by atoms with Gasteiger partial charge in [0.05, 0.1) is 22.3 Å². The van der Waals surface area contributed by atoms with E-state index < -0.39 is 0 Å². The van der Waals surface area contributed by atoms with Crippen LogP contribution < -0.4 is 5.73 Å². The highest BCUT2D eigenvalue weighted by molar-refractivity contribution is 6.42. The molecular weight excluding hydrogens is 257 g/mol. The van der Waals surface area contributed by atoms with E-state index in [0.29, 0.717) is 10.0 Å². The van der Waals surface area contributed by atoms with Crippen LogP contribution in [0.5, 0.6) is 0 Å². The monoisotopic (exact) mass is 269 g/mol. The molecular formula is C12H13Cl2N3. The molecule has 1 atom stereocenters. The molecule has 0 aliphatic heterocycles. The van der Waals surface area contributed by atoms with Crippen LogP contribution in [-0.2, 0) is 6.54 Å². The van der Waals surface area contributed by atoms with Crippen molar-refractivity contribution in [1.82, 2.24) is 9.78 Å². The van der Waals surface area contributed by atoms with Crippen molar-refractivity contribution in [2.24, 2.45) is 5.73 Å². The smallest absolute Gasteiger partial charge is 0.0595 e. The minimum atomic E-state index is -0.231. The minimum absolute atomic E-state index is 0.231. The van der Waals surface area contributed by atoms with Crippen LogP contribution in [0.4, 0.5) is 0 Å². The lowest BCUT2D eigenvalue weighted by Crippen LogP contribution is -2.11. The van der Waals surface area contributed by atoms with Crippen molar-refractivity contribution in [3.8, 4) is 0 Å². The van der Waals surface area contributed by atoms with Gasteiger partial charge in [0.15, 0.2) is 0 Å². The maximum atomic E-state index is 6.15. The largest absolute Gasteiger partial charge is 0.320 e. The summed E-state index contributed by atoms with van der Waals surface area (Å²) < 4.78 is 1.84. The van der Waals surface area contributed by atoms with E-state index >= 15 is 0 Å². The molecule has 0 aliphatic carbocycles. The first kappa shape index (κ1) is 12.4. The van der Waals surface area contributed by atoms with Crippen LogP contribution in [0.2, 0.25) is 10.0 Å². The van der Waals surface area contributed by atoms with Gasteiger partial charge in [0, 0.05) is 18.3 Å². The Balaban J connectivity index is 2.29. The molecule has 17 heavy (non-hydrogen) atoms. The second-order valence-electron chi connectivity index (χ2n) is 3.78. The summed E-state index contributed by atoms with van der Waals surface area (Å²) in [7, 11) is 0. The molecule has 2 N–H and O–H groups in total. The van der Waals surface area contributed by atoms with Gasteiger partial charge in [0.2, 0.25) is 0 Å². The fraction of sp³-hybridized carbons (Fsp3) is 0.250. The topological polar surface area (TPSA) is 43.8 Å². The number of hydrogen-bond acceptors (Lipinski definition) is 2. The van der Waals surface area contributed by atoms with Crippen LogP contribution in [0, 0.1) is 0 Å². The van der Waals surface area contributed by atoms with Crippen molar-refractivity contribution < 1.29 is 0 Å². The van der Waals surface area contributed by atoms with Gasteiger partial charge in [-0.2, -0.15) is 5.10 Å². The zero-order valence-electron chi connectivity index (χ0n) is 9.40. The Hall–Kier alpha value is -1.03. The second kappa shape index (κ2) is 5.08. The molecule has 1 heterocycles. The fourth-order valence-corrected chi connectivity index (χ4v) is 1.92. The average Bonchev–Trinajstić information content (AvgIpc) is 2.80. The Morgan fingerprint density at radius 3 is 2.65 bits per heavy atom. The summed E-state index contributed by atoms with van der Waals surface area (Å²) in [6.07, 6.45) is 3.71. The van der Waals surface area contributed by atoms with E-state index in [1.54, 1.807) is 18.3 Å². The summed E-state index contributed by atoms with van der Waals surface area (Å²) in [5.41, 5.74) is 8.04. The lowest BCUT2D eigenvalue weighted by atomic mass is 10.0. The number of rotatable bonds is 3. The standard InChI is InChI=1S/C12H13Cl2N3/c1-2-17-7-9(6-16-17)12(15)8-3-4-10(13)11(14)5-8/h3-7,12H,2,15H2,1H3. The van der Waals surface area contributed by atoms with Crippen molar-refractivity contribution in [2.45, 2.75) is 19.5 Å². The zero-order valence-corrected chi connectivity index (χ0v) is 10.9. The molecule has 3 nitrogen and oxygen atoms in total. The predicted octanol–water partition coefficient (Wildman–Crippen LogP) is 3.26. The lowest BCUT2D eigenvalue weighted by Gasteiger charge is -2.10. The van der Waals surface area contributed by atoms with Gasteiger partial charge in [-0.15, -0.1) is 0 Å². The first-order chi connectivity index (χ1) is 8.11. The van der Waals surface area contributed by atoms with Gasteiger partial charge < -0.3 is 5.73 Å². The van der Waals surface area contributed by atoms with E-state index in [0.717, 1.165) is 17.7 Å². The molecule has 0 radical (unpaired) electrons. The van der Waals surface area contributed by atoms with E-state index in [-0.39, 0.29) is 6.04 Å². The van der Waals surface area contributed by atoms with Gasteiger partial charge in [-0.25, -0.2) is 0 Å². The normalized spacial score (nSPS) is 12.7. The number of nitrogens with zero attached hydrogens (tertiary/aromatic N) is 2. The molecule has 5 heteroatoms. The van der Waals surface area contributed by atoms with E-state index in [1.807, 2.05) is 23.9 Å². The Bertz CT molecular complexity index is 522. The van der Waals surface area contributed by atoms with Crippen molar-refractivity contribution in [3.05, 3.63) is 51.8 Å². The highest BCUT2D eigenvalue weighted by Gasteiger charge is 2.12. The minimum Gasteiger partial charge on any atom is -0.320 e. The van der Waals surface area contributed by atoms with E-state index in [2.05, 4.69) is 5.10 Å². The summed E-state index contributed by atoms with van der Waals surface area (Å²) in [6.45, 7) is 2.86. The number of hydrogen-bond donors (Lipinski definition) is 1. The third-order valence-corrected chi connectivity index (χ3v) is 3.38. The van der Waals surface area contributed by atoms with Crippen molar-refractivity contribution >= 4 is 23.2 Å². The summed E-state index contributed by atoms with van der Waals surface area (Å²) in [4.78, 5) is 0. The number of nitrogens with two attached hydrogens (primary N) is 1. The quantitative estimate of drug-likeness (QED) is 0.930. The van der Waals surface area contributed by atoms with Crippen LogP contribution in [-0.4, -0.2) is 9.78 Å². The molecule has 1 unspecified atom stereocenters. The van der Waals surface area contributed by atoms with Gasteiger partial charge >= 0.3 is 0 Å². The van der Waals surface area contributed by atoms with Gasteiger partial charge in [-0.1, -0.05) is 29.3 Å². The van der Waals surface area contributed by atoms with E-state index in [9.17, 15) is 0 Å². The number of aryl methyl sites for hydroxylation is 1. The summed E-state index contributed by atoms with van der Waals surface area (Å²) in [5.74, 6) is 0. The molecule has 0 saturated heterocycles. The molecule has 0 amide bonds. The molecule has 2 rings (SSSR count). The predicted molar refractivity (Wildman–Crippen MR) is 70.4 cm³/mol. The molecule has 90 valence electrons. The number of benzene rings is 1. The highest BCUT2D eigenvalue weighted by atomic mass is 35.5. The molecule has 0 fully saturated rings. The molecule has 0 aliphatic rings. The van der Waals surface area contributed by atoms with E-state index in [4.69, 9.17) is 28.9 Å². The third kappa shape index (κ3) is 2.63. The van der Waals surface area contributed by atoms with Gasteiger partial charge in [0.25, 0.3) is 0 Å². The third-order valence-electron chi connectivity index (χ3n) is 2.64. The maximum absolute atomic E-state index is 6.15. The highest BCUT2D eigenvalue weighted by Crippen LogP contribution is 2.27. The first-order valence-corrected chi connectivity index (χ1v) is 6.10. The second-order valence-corrected chi connectivity index (χ2v) is 4.59. The molecule has 1 aromatic heterocycles. The van der Waals surface area contributed by atoms with Gasteiger partial charge in [-0.3, -0.25) is 4.68 Å². The van der Waals surface area contributed by atoms with Crippen molar-refractivity contribution in [2.75, 3.05) is 0 Å². The van der Waals surface area contributed by atoms with Crippen LogP contribution >= 0.6 is 23.2 Å². The summed E-state index contributed by atoms with van der Waals surface area (Å²) in [6, 6.07) is 5.19. The van der Waals surface area contributed by atoms with Gasteiger partial charge in [-0.05, 0) is 24.6 Å². The molecule has 1 aromatic carbocycles. The van der Waals surface area contributed by atoms with Crippen LogP contribution in [0.15, 0.2) is 30.6 Å². The fourth-order valence-electron chi connectivity index (χ4n) is 1.61. The summed E-state index contributed by atoms with van der Waals surface area (Å²) >= 11 is 11.8. The van der Waals surface area contributed by atoms with Crippen LogP contribution in [0.1, 0.15) is 24.1 Å². The maximum Gasteiger partial charge on any atom is 0.0595 e. The SMILES string of the molecule is CCn1cc(C(N)c2ccc(Cl)c(Cl)c2)cn1. The molecule has 0 saturated carbocycles. The number of aromatic nitrogens is 2. The summed E-state index contributed by atoms with van der Waals surface area (Å²) in [5, 5.41) is 5.25. The van der Waals surface area contributed by atoms with Crippen molar-refractivity contribution in [1.29, 1.82) is 0 Å². The average molecular weight is 270 g/mol. The molecule has 0 bridgehead atoms. The Kier molecular flexibility index (Phi) is 3.72. The van der Waals surface area contributed by atoms with Crippen LogP contribution in [0.25, 0.3) is 0 Å². The molecule has 2 aromatic rings. The van der Waals surface area contributed by atoms with Gasteiger partial charge in [0.1, 0.15) is 0 Å². The number of halogens is 2. The Morgan fingerprint density at radius 2 is 2.06 bits per heavy atom. The Labute approximate surface area is 110 Å². The Morgan fingerprint density at radius 1 is 1.29 bits per heavy atom.